The molecular weight excluding hydrogens is 216 g/mol. The molecule has 0 amide bonds. The van der Waals surface area contributed by atoms with Crippen molar-refractivity contribution in [1.29, 1.82) is 0 Å². The van der Waals surface area contributed by atoms with E-state index < -0.39 is 0 Å². The van der Waals surface area contributed by atoms with Gasteiger partial charge >= 0.3 is 0 Å². The van der Waals surface area contributed by atoms with Gasteiger partial charge in [0, 0.05) is 0 Å². The Kier molecular flexibility index (Phi) is 7.55. The van der Waals surface area contributed by atoms with Gasteiger partial charge in [0.1, 0.15) is 11.5 Å². The van der Waals surface area contributed by atoms with Gasteiger partial charge in [-0.3, -0.25) is 0 Å². The first kappa shape index (κ1) is 15.3. The van der Waals surface area contributed by atoms with Gasteiger partial charge in [0.05, 0.1) is 13.2 Å². The van der Waals surface area contributed by atoms with Crippen LogP contribution >= 0.6 is 0 Å². The third-order valence-electron chi connectivity index (χ3n) is 2.20. The average Bonchev–Trinajstić information content (AvgIpc) is 2.33. The molecule has 0 saturated carbocycles. The number of phenols is 2. The van der Waals surface area contributed by atoms with Crippen LogP contribution in [0.2, 0.25) is 0 Å². The van der Waals surface area contributed by atoms with Crippen molar-refractivity contribution in [2.45, 2.75) is 13.8 Å². The molecule has 0 spiro atoms. The molecule has 0 aliphatic carbocycles. The van der Waals surface area contributed by atoms with Gasteiger partial charge < -0.3 is 14.9 Å². The predicted molar refractivity (Wildman–Crippen MR) is 70.5 cm³/mol. The number of rotatable bonds is 4. The van der Waals surface area contributed by atoms with Crippen molar-refractivity contribution < 1.29 is 14.9 Å². The summed E-state index contributed by atoms with van der Waals surface area (Å²) in [6, 6.07) is 2.97. The Bertz CT molecular complexity index is 335. The van der Waals surface area contributed by atoms with E-state index in [1.54, 1.807) is 26.0 Å². The van der Waals surface area contributed by atoms with Crippen LogP contribution < -0.4 is 0 Å². The molecule has 1 aromatic carbocycles. The van der Waals surface area contributed by atoms with E-state index in [1.165, 1.54) is 12.1 Å². The molecule has 0 fully saturated rings. The molecule has 1 rings (SSSR count). The Balaban J connectivity index is 0.000000325. The monoisotopic (exact) mass is 236 g/mol. The minimum absolute atomic E-state index is 0.232. The molecule has 0 aliphatic heterocycles. The second-order valence-corrected chi connectivity index (χ2v) is 3.47. The Morgan fingerprint density at radius 1 is 1.00 bits per heavy atom. The lowest BCUT2D eigenvalue weighted by atomic mass is 10.1. The van der Waals surface area contributed by atoms with Crippen molar-refractivity contribution in [1.82, 2.24) is 0 Å². The fourth-order valence-corrected chi connectivity index (χ4v) is 1.03. The fraction of sp³-hybridized carbons (Fsp3) is 0.286. The van der Waals surface area contributed by atoms with Gasteiger partial charge in [-0.25, -0.2) is 0 Å². The van der Waals surface area contributed by atoms with Gasteiger partial charge in [-0.05, 0) is 37.1 Å². The van der Waals surface area contributed by atoms with E-state index >= 15 is 0 Å². The summed E-state index contributed by atoms with van der Waals surface area (Å²) >= 11 is 0. The van der Waals surface area contributed by atoms with Gasteiger partial charge in [-0.2, -0.15) is 0 Å². The zero-order valence-electron chi connectivity index (χ0n) is 10.4. The minimum atomic E-state index is 0.232. The zero-order chi connectivity index (χ0) is 13.3. The van der Waals surface area contributed by atoms with Crippen LogP contribution in [0.15, 0.2) is 37.4 Å². The SMILES string of the molecule is C=CCOCC=C.Cc1c(O)ccc(O)c1C. The second-order valence-electron chi connectivity index (χ2n) is 3.47. The molecule has 17 heavy (non-hydrogen) atoms. The first-order valence-corrected chi connectivity index (χ1v) is 5.32. The van der Waals surface area contributed by atoms with Crippen LogP contribution in [-0.4, -0.2) is 23.4 Å². The van der Waals surface area contributed by atoms with E-state index in [4.69, 9.17) is 14.9 Å². The second kappa shape index (κ2) is 8.42. The predicted octanol–water partition coefficient (Wildman–Crippen LogP) is 3.09. The van der Waals surface area contributed by atoms with E-state index in [2.05, 4.69) is 13.2 Å². The van der Waals surface area contributed by atoms with E-state index in [-0.39, 0.29) is 11.5 Å². The van der Waals surface area contributed by atoms with E-state index in [0.717, 1.165) is 11.1 Å². The highest BCUT2D eigenvalue weighted by molar-refractivity contribution is 5.45. The molecule has 1 aromatic rings. The maximum absolute atomic E-state index is 9.11. The van der Waals surface area contributed by atoms with Gasteiger partial charge in [-0.15, -0.1) is 13.2 Å². The smallest absolute Gasteiger partial charge is 0.119 e. The van der Waals surface area contributed by atoms with E-state index in [1.807, 2.05) is 0 Å². The molecule has 0 saturated heterocycles. The Morgan fingerprint density at radius 2 is 1.35 bits per heavy atom. The lowest BCUT2D eigenvalue weighted by Crippen LogP contribution is -1.87. The first-order valence-electron chi connectivity index (χ1n) is 5.32. The molecule has 0 atom stereocenters. The lowest BCUT2D eigenvalue weighted by molar-refractivity contribution is 0.194. The highest BCUT2D eigenvalue weighted by Gasteiger charge is 2.02. The summed E-state index contributed by atoms with van der Waals surface area (Å²) in [5, 5.41) is 18.2. The molecule has 3 heteroatoms. The molecule has 0 aliphatic rings. The molecule has 2 N–H and O–H groups in total. The van der Waals surface area contributed by atoms with Crippen molar-refractivity contribution in [3.05, 3.63) is 48.6 Å². The summed E-state index contributed by atoms with van der Waals surface area (Å²) in [6.45, 7) is 11.7. The van der Waals surface area contributed by atoms with Crippen LogP contribution in [0.25, 0.3) is 0 Å². The molecule has 0 aromatic heterocycles. The van der Waals surface area contributed by atoms with Crippen LogP contribution in [0.1, 0.15) is 11.1 Å². The van der Waals surface area contributed by atoms with Crippen molar-refractivity contribution >= 4 is 0 Å². The normalized spacial score (nSPS) is 9.06. The number of ether oxygens (including phenoxy) is 1. The van der Waals surface area contributed by atoms with E-state index in [9.17, 15) is 0 Å². The maximum atomic E-state index is 9.11. The largest absolute Gasteiger partial charge is 0.508 e. The van der Waals surface area contributed by atoms with Crippen LogP contribution in [0.4, 0.5) is 0 Å². The van der Waals surface area contributed by atoms with Gasteiger partial charge in [0.2, 0.25) is 0 Å². The quantitative estimate of drug-likeness (QED) is 0.480. The third kappa shape index (κ3) is 5.78. The number of hydrogen-bond acceptors (Lipinski definition) is 3. The minimum Gasteiger partial charge on any atom is -0.508 e. The van der Waals surface area contributed by atoms with Gasteiger partial charge in [-0.1, -0.05) is 12.2 Å². The number of benzene rings is 1. The van der Waals surface area contributed by atoms with Crippen LogP contribution in [0.5, 0.6) is 11.5 Å². The van der Waals surface area contributed by atoms with Gasteiger partial charge in [0.25, 0.3) is 0 Å². The number of hydrogen-bond donors (Lipinski definition) is 2. The zero-order valence-corrected chi connectivity index (χ0v) is 10.4. The highest BCUT2D eigenvalue weighted by Crippen LogP contribution is 2.26. The molecule has 0 radical (unpaired) electrons. The summed E-state index contributed by atoms with van der Waals surface area (Å²) in [7, 11) is 0. The van der Waals surface area contributed by atoms with Crippen molar-refractivity contribution in [3.8, 4) is 11.5 Å². The molecule has 0 bridgehead atoms. The molecule has 0 unspecified atom stereocenters. The summed E-state index contributed by atoms with van der Waals surface area (Å²) in [5.41, 5.74) is 1.47. The number of phenolic OH excluding ortho intramolecular Hbond substituents is 2. The highest BCUT2D eigenvalue weighted by atomic mass is 16.5. The molecule has 0 heterocycles. The molecule has 3 nitrogen and oxygen atoms in total. The average molecular weight is 236 g/mol. The Hall–Kier alpha value is -1.74. The van der Waals surface area contributed by atoms with Crippen molar-refractivity contribution in [2.24, 2.45) is 0 Å². The van der Waals surface area contributed by atoms with Crippen LogP contribution in [0, 0.1) is 13.8 Å². The topological polar surface area (TPSA) is 49.7 Å². The van der Waals surface area contributed by atoms with Crippen LogP contribution in [-0.2, 0) is 4.74 Å². The summed E-state index contributed by atoms with van der Waals surface area (Å²) in [5.74, 6) is 0.464. The Morgan fingerprint density at radius 3 is 1.65 bits per heavy atom. The first-order chi connectivity index (χ1) is 8.04. The summed E-state index contributed by atoms with van der Waals surface area (Å²) in [4.78, 5) is 0. The molecule has 94 valence electrons. The molecular formula is C14H20O3. The fourth-order valence-electron chi connectivity index (χ4n) is 1.03. The standard InChI is InChI=1S/C8H10O2.C6H10O/c1-5-6(2)8(10)4-3-7(5)9;1-3-5-7-6-4-2/h3-4,9-10H,1-2H3;3-4H,1-2,5-6H2. The lowest BCUT2D eigenvalue weighted by Gasteiger charge is -2.03. The number of aromatic hydroxyl groups is 2. The van der Waals surface area contributed by atoms with Crippen molar-refractivity contribution in [2.75, 3.05) is 13.2 Å². The van der Waals surface area contributed by atoms with Crippen LogP contribution in [0.3, 0.4) is 0 Å². The van der Waals surface area contributed by atoms with E-state index in [0.29, 0.717) is 13.2 Å². The summed E-state index contributed by atoms with van der Waals surface area (Å²) < 4.78 is 4.90. The summed E-state index contributed by atoms with van der Waals surface area (Å²) in [6.07, 6.45) is 3.42. The Labute approximate surface area is 103 Å². The maximum Gasteiger partial charge on any atom is 0.119 e. The third-order valence-corrected chi connectivity index (χ3v) is 2.20. The van der Waals surface area contributed by atoms with Gasteiger partial charge in [0.15, 0.2) is 0 Å². The van der Waals surface area contributed by atoms with Crippen molar-refractivity contribution in [3.63, 3.8) is 0 Å².